The molecule has 0 spiro atoms. The summed E-state index contributed by atoms with van der Waals surface area (Å²) < 4.78 is 12.9. The van der Waals surface area contributed by atoms with Crippen molar-refractivity contribution in [2.75, 3.05) is 6.54 Å². The van der Waals surface area contributed by atoms with Gasteiger partial charge in [-0.15, -0.1) is 0 Å². The van der Waals surface area contributed by atoms with Crippen LogP contribution in [0.1, 0.15) is 44.2 Å². The number of amides is 1. The molecule has 1 amide bonds. The van der Waals surface area contributed by atoms with E-state index in [0.29, 0.717) is 0 Å². The summed E-state index contributed by atoms with van der Waals surface area (Å²) in [6, 6.07) is 6.06. The lowest BCUT2D eigenvalue weighted by Crippen LogP contribution is -2.44. The highest BCUT2D eigenvalue weighted by atomic mass is 19.1. The van der Waals surface area contributed by atoms with E-state index in [0.717, 1.165) is 31.4 Å². The van der Waals surface area contributed by atoms with Crippen LogP contribution < -0.4 is 10.6 Å². The van der Waals surface area contributed by atoms with E-state index in [-0.39, 0.29) is 23.8 Å². The molecule has 0 aromatic heterocycles. The highest BCUT2D eigenvalue weighted by Gasteiger charge is 2.21. The van der Waals surface area contributed by atoms with Crippen molar-refractivity contribution in [1.29, 1.82) is 0 Å². The van der Waals surface area contributed by atoms with Gasteiger partial charge in [0.1, 0.15) is 5.82 Å². The van der Waals surface area contributed by atoms with Crippen molar-refractivity contribution in [3.63, 3.8) is 0 Å². The highest BCUT2D eigenvalue weighted by molar-refractivity contribution is 5.82. The monoisotopic (exact) mass is 264 g/mol. The van der Waals surface area contributed by atoms with Gasteiger partial charge in [-0.1, -0.05) is 25.0 Å². The Hall–Kier alpha value is -1.42. The lowest BCUT2D eigenvalue weighted by Gasteiger charge is -2.20. The van der Waals surface area contributed by atoms with Crippen molar-refractivity contribution < 1.29 is 9.18 Å². The summed E-state index contributed by atoms with van der Waals surface area (Å²) in [5.74, 6) is -0.216. The Labute approximate surface area is 113 Å². The first kappa shape index (κ1) is 14.0. The summed E-state index contributed by atoms with van der Waals surface area (Å²) in [5.41, 5.74) is 0.920. The molecule has 1 aromatic rings. The molecule has 2 rings (SSSR count). The molecule has 1 heterocycles. The number of hydrogen-bond donors (Lipinski definition) is 2. The molecular formula is C15H21FN2O. The van der Waals surface area contributed by atoms with Gasteiger partial charge in [-0.05, 0) is 44.0 Å². The molecule has 2 N–H and O–H groups in total. The summed E-state index contributed by atoms with van der Waals surface area (Å²) in [6.07, 6.45) is 4.31. The lowest BCUT2D eigenvalue weighted by molar-refractivity contribution is -0.123. The summed E-state index contributed by atoms with van der Waals surface area (Å²) in [5, 5.41) is 6.26. The minimum atomic E-state index is -0.257. The fraction of sp³-hybridized carbons (Fsp3) is 0.533. The van der Waals surface area contributed by atoms with Gasteiger partial charge in [-0.25, -0.2) is 4.39 Å². The maximum Gasteiger partial charge on any atom is 0.237 e. The van der Waals surface area contributed by atoms with Crippen LogP contribution >= 0.6 is 0 Å². The smallest absolute Gasteiger partial charge is 0.237 e. The zero-order valence-electron chi connectivity index (χ0n) is 11.3. The van der Waals surface area contributed by atoms with E-state index in [1.54, 1.807) is 12.1 Å². The first-order valence-corrected chi connectivity index (χ1v) is 6.96. The number of benzene rings is 1. The quantitative estimate of drug-likeness (QED) is 0.881. The van der Waals surface area contributed by atoms with E-state index in [1.807, 2.05) is 6.92 Å². The molecule has 2 atom stereocenters. The Kier molecular flexibility index (Phi) is 4.91. The van der Waals surface area contributed by atoms with Crippen LogP contribution in [0.25, 0.3) is 0 Å². The zero-order chi connectivity index (χ0) is 13.7. The Bertz CT molecular complexity index is 411. The summed E-state index contributed by atoms with van der Waals surface area (Å²) >= 11 is 0. The van der Waals surface area contributed by atoms with Gasteiger partial charge in [-0.3, -0.25) is 4.79 Å². The largest absolute Gasteiger partial charge is 0.348 e. The maximum absolute atomic E-state index is 12.9. The second-order valence-corrected chi connectivity index (χ2v) is 5.14. The minimum Gasteiger partial charge on any atom is -0.348 e. The van der Waals surface area contributed by atoms with Crippen molar-refractivity contribution in [3.05, 3.63) is 35.6 Å². The predicted molar refractivity (Wildman–Crippen MR) is 73.2 cm³/mol. The van der Waals surface area contributed by atoms with Gasteiger partial charge >= 0.3 is 0 Å². The van der Waals surface area contributed by atoms with Gasteiger partial charge in [0.2, 0.25) is 5.91 Å². The molecule has 4 heteroatoms. The van der Waals surface area contributed by atoms with Crippen LogP contribution in [0, 0.1) is 5.82 Å². The van der Waals surface area contributed by atoms with Crippen LogP contribution in [0.3, 0.4) is 0 Å². The molecule has 19 heavy (non-hydrogen) atoms. The fourth-order valence-corrected chi connectivity index (χ4v) is 2.40. The molecule has 1 unspecified atom stereocenters. The molecule has 1 saturated heterocycles. The third-order valence-corrected chi connectivity index (χ3v) is 3.61. The van der Waals surface area contributed by atoms with E-state index >= 15 is 0 Å². The van der Waals surface area contributed by atoms with Gasteiger partial charge < -0.3 is 10.6 Å². The number of halogens is 1. The van der Waals surface area contributed by atoms with Crippen molar-refractivity contribution in [2.45, 2.75) is 44.7 Å². The topological polar surface area (TPSA) is 41.1 Å². The van der Waals surface area contributed by atoms with Crippen molar-refractivity contribution in [2.24, 2.45) is 0 Å². The van der Waals surface area contributed by atoms with Crippen LogP contribution in [0.4, 0.5) is 4.39 Å². The van der Waals surface area contributed by atoms with E-state index < -0.39 is 0 Å². The molecule has 0 bridgehead atoms. The lowest BCUT2D eigenvalue weighted by atomic mass is 10.1. The van der Waals surface area contributed by atoms with Gasteiger partial charge in [0.15, 0.2) is 0 Å². The molecule has 104 valence electrons. The molecule has 0 aliphatic carbocycles. The zero-order valence-corrected chi connectivity index (χ0v) is 11.3. The Morgan fingerprint density at radius 2 is 2.05 bits per heavy atom. The number of hydrogen-bond acceptors (Lipinski definition) is 2. The second kappa shape index (κ2) is 6.66. The third kappa shape index (κ3) is 4.03. The number of rotatable bonds is 3. The Balaban J connectivity index is 1.92. The van der Waals surface area contributed by atoms with E-state index in [2.05, 4.69) is 10.6 Å². The second-order valence-electron chi connectivity index (χ2n) is 5.14. The summed E-state index contributed by atoms with van der Waals surface area (Å²) in [4.78, 5) is 12.2. The van der Waals surface area contributed by atoms with Gasteiger partial charge in [-0.2, -0.15) is 0 Å². The van der Waals surface area contributed by atoms with Crippen LogP contribution in [0.2, 0.25) is 0 Å². The minimum absolute atomic E-state index is 0.0405. The fourth-order valence-electron chi connectivity index (χ4n) is 2.40. The molecule has 3 nitrogen and oxygen atoms in total. The van der Waals surface area contributed by atoms with E-state index in [4.69, 9.17) is 0 Å². The third-order valence-electron chi connectivity index (χ3n) is 3.61. The molecular weight excluding hydrogens is 243 g/mol. The normalized spacial score (nSPS) is 21.5. The molecule has 1 aliphatic rings. The van der Waals surface area contributed by atoms with E-state index in [9.17, 15) is 9.18 Å². The average molecular weight is 264 g/mol. The average Bonchev–Trinajstić information content (AvgIpc) is 2.68. The molecule has 1 aromatic carbocycles. The van der Waals surface area contributed by atoms with Crippen molar-refractivity contribution in [1.82, 2.24) is 10.6 Å². The van der Waals surface area contributed by atoms with Gasteiger partial charge in [0, 0.05) is 0 Å². The first-order valence-electron chi connectivity index (χ1n) is 6.96. The van der Waals surface area contributed by atoms with Crippen LogP contribution in [-0.4, -0.2) is 18.5 Å². The standard InChI is InChI=1S/C15H21FN2O/c1-11(12-6-8-13(16)9-7-12)18-15(19)14-5-3-2-4-10-17-14/h6-9,11,14,17H,2-5,10H2,1H3,(H,18,19)/t11-,14?/m1/s1. The summed E-state index contributed by atoms with van der Waals surface area (Å²) in [7, 11) is 0. The molecule has 1 fully saturated rings. The SMILES string of the molecule is C[C@@H](NC(=O)C1CCCCCN1)c1ccc(F)cc1. The van der Waals surface area contributed by atoms with Crippen molar-refractivity contribution >= 4 is 5.91 Å². The Morgan fingerprint density at radius 1 is 1.32 bits per heavy atom. The first-order chi connectivity index (χ1) is 9.16. The van der Waals surface area contributed by atoms with E-state index in [1.165, 1.54) is 18.6 Å². The van der Waals surface area contributed by atoms with Crippen LogP contribution in [-0.2, 0) is 4.79 Å². The number of carbonyl (C=O) groups excluding carboxylic acids is 1. The summed E-state index contributed by atoms with van der Waals surface area (Å²) in [6.45, 7) is 2.82. The van der Waals surface area contributed by atoms with Gasteiger partial charge in [0.05, 0.1) is 12.1 Å². The highest BCUT2D eigenvalue weighted by Crippen LogP contribution is 2.14. The number of nitrogens with one attached hydrogen (secondary N) is 2. The van der Waals surface area contributed by atoms with Crippen molar-refractivity contribution in [3.8, 4) is 0 Å². The number of carbonyl (C=O) groups is 1. The maximum atomic E-state index is 12.9. The molecule has 1 aliphatic heterocycles. The Morgan fingerprint density at radius 3 is 2.79 bits per heavy atom. The van der Waals surface area contributed by atoms with Crippen LogP contribution in [0.15, 0.2) is 24.3 Å². The van der Waals surface area contributed by atoms with Crippen LogP contribution in [0.5, 0.6) is 0 Å². The molecule has 0 radical (unpaired) electrons. The predicted octanol–water partition coefficient (Wildman–Crippen LogP) is 2.54. The van der Waals surface area contributed by atoms with Gasteiger partial charge in [0.25, 0.3) is 0 Å². The molecule has 0 saturated carbocycles.